The molecule has 204 valence electrons. The molecule has 37 heavy (non-hydrogen) atoms. The van der Waals surface area contributed by atoms with Gasteiger partial charge in [0.2, 0.25) is 0 Å². The van der Waals surface area contributed by atoms with Gasteiger partial charge in [0, 0.05) is 0 Å². The van der Waals surface area contributed by atoms with Crippen LogP contribution in [-0.4, -0.2) is 69.2 Å². The van der Waals surface area contributed by atoms with Crippen molar-refractivity contribution in [3.8, 4) is 0 Å². The zero-order chi connectivity index (χ0) is 27.4. The Bertz CT molecular complexity index is 1160. The summed E-state index contributed by atoms with van der Waals surface area (Å²) in [7, 11) is -5.00. The lowest BCUT2D eigenvalue weighted by atomic mass is 10.0. The van der Waals surface area contributed by atoms with Crippen LogP contribution in [-0.2, 0) is 24.3 Å². The van der Waals surface area contributed by atoms with E-state index in [4.69, 9.17) is 14.2 Å². The van der Waals surface area contributed by atoms with E-state index in [9.17, 15) is 27.4 Å². The van der Waals surface area contributed by atoms with Crippen molar-refractivity contribution in [3.63, 3.8) is 0 Å². The van der Waals surface area contributed by atoms with E-state index in [0.29, 0.717) is 0 Å². The van der Waals surface area contributed by atoms with Gasteiger partial charge in [-0.3, -0.25) is 19.3 Å². The largest absolute Gasteiger partial charge is 0.447 e. The average Bonchev–Trinajstić information content (AvgIpc) is 3.48. The number of amides is 3. The molecule has 3 aliphatic heterocycles. The average molecular weight is 540 g/mol. The van der Waals surface area contributed by atoms with Gasteiger partial charge in [-0.15, -0.1) is 0 Å². The summed E-state index contributed by atoms with van der Waals surface area (Å²) >= 11 is 0. The van der Waals surface area contributed by atoms with Crippen LogP contribution in [0, 0.1) is 17.8 Å². The number of rotatable bonds is 7. The summed E-state index contributed by atoms with van der Waals surface area (Å²) in [5.41, 5.74) is -0.177. The molecule has 4 rings (SSSR count). The molecule has 3 aliphatic rings. The minimum absolute atomic E-state index is 0.00171. The summed E-state index contributed by atoms with van der Waals surface area (Å²) in [6, 6.07) is 1.19. The molecule has 0 radical (unpaired) electrons. The van der Waals surface area contributed by atoms with E-state index in [1.54, 1.807) is 0 Å². The van der Waals surface area contributed by atoms with Crippen molar-refractivity contribution >= 4 is 45.5 Å². The Balaban J connectivity index is 2.06. The highest BCUT2D eigenvalue weighted by molar-refractivity contribution is 7.86. The van der Waals surface area contributed by atoms with Crippen LogP contribution in [0.15, 0.2) is 17.0 Å². The van der Waals surface area contributed by atoms with Gasteiger partial charge in [-0.05, 0) is 29.9 Å². The normalized spacial score (nSPS) is 24.5. The second kappa shape index (κ2) is 9.67. The van der Waals surface area contributed by atoms with Gasteiger partial charge in [-0.2, -0.15) is 8.42 Å². The molecule has 3 saturated heterocycles. The van der Waals surface area contributed by atoms with Crippen LogP contribution in [0.5, 0.6) is 0 Å². The van der Waals surface area contributed by atoms with Gasteiger partial charge in [-0.1, -0.05) is 41.5 Å². The molecule has 3 heterocycles. The van der Waals surface area contributed by atoms with E-state index in [1.165, 1.54) is 26.8 Å². The smallest absolute Gasteiger partial charge is 0.414 e. The molecule has 1 unspecified atom stereocenters. The highest BCUT2D eigenvalue weighted by Gasteiger charge is 2.46. The molecular weight excluding hydrogens is 506 g/mol. The minimum Gasteiger partial charge on any atom is -0.447 e. The Hall–Kier alpha value is -3.06. The fraction of sp³-hybridized carbons (Fsp3) is 0.625. The molecule has 3 fully saturated rings. The number of nitrogens with zero attached hydrogens (tertiary/aromatic N) is 3. The number of carbonyl (C=O) groups is 3. The van der Waals surface area contributed by atoms with Crippen molar-refractivity contribution in [1.82, 2.24) is 0 Å². The predicted molar refractivity (Wildman–Crippen MR) is 134 cm³/mol. The Morgan fingerprint density at radius 1 is 0.703 bits per heavy atom. The Labute approximate surface area is 216 Å². The summed E-state index contributed by atoms with van der Waals surface area (Å²) in [6.07, 6.45) is -2.26. The monoisotopic (exact) mass is 539 g/mol. The molecule has 0 aliphatic carbocycles. The molecule has 0 bridgehead atoms. The number of hydrogen-bond acceptors (Lipinski definition) is 8. The lowest BCUT2D eigenvalue weighted by molar-refractivity contribution is 0.176. The van der Waals surface area contributed by atoms with Crippen molar-refractivity contribution in [3.05, 3.63) is 12.1 Å². The number of carbonyl (C=O) groups excluding carboxylic acids is 3. The van der Waals surface area contributed by atoms with Crippen molar-refractivity contribution in [2.75, 3.05) is 34.5 Å². The van der Waals surface area contributed by atoms with Crippen LogP contribution < -0.4 is 14.7 Å². The summed E-state index contributed by atoms with van der Waals surface area (Å²) in [5.74, 6) is -0.318. The van der Waals surface area contributed by atoms with Gasteiger partial charge in [0.05, 0.1) is 35.2 Å². The first-order valence-electron chi connectivity index (χ1n) is 12.3. The van der Waals surface area contributed by atoms with E-state index in [-0.39, 0.29) is 60.7 Å². The molecular formula is C24H33N3O9S. The van der Waals surface area contributed by atoms with Gasteiger partial charge in [0.25, 0.3) is 10.1 Å². The number of hydrogen-bond donors (Lipinski definition) is 1. The maximum absolute atomic E-state index is 12.9. The topological polar surface area (TPSA) is 143 Å². The van der Waals surface area contributed by atoms with Gasteiger partial charge in [0.1, 0.15) is 24.7 Å². The van der Waals surface area contributed by atoms with Crippen molar-refractivity contribution in [1.29, 1.82) is 0 Å². The van der Waals surface area contributed by atoms with E-state index >= 15 is 0 Å². The van der Waals surface area contributed by atoms with E-state index in [2.05, 4.69) is 0 Å². The van der Waals surface area contributed by atoms with Gasteiger partial charge >= 0.3 is 18.3 Å². The maximum atomic E-state index is 12.9. The fourth-order valence-electron chi connectivity index (χ4n) is 4.98. The molecule has 1 N–H and O–H groups in total. The van der Waals surface area contributed by atoms with Crippen molar-refractivity contribution in [2.45, 2.75) is 64.6 Å². The summed E-state index contributed by atoms with van der Waals surface area (Å²) < 4.78 is 52.1. The summed E-state index contributed by atoms with van der Waals surface area (Å²) in [6.45, 7) is 11.3. The lowest BCUT2D eigenvalue weighted by Crippen LogP contribution is -2.42. The maximum Gasteiger partial charge on any atom is 0.414 e. The van der Waals surface area contributed by atoms with E-state index in [1.807, 2.05) is 41.5 Å². The first-order valence-corrected chi connectivity index (χ1v) is 13.7. The second-order valence-corrected chi connectivity index (χ2v) is 11.9. The van der Waals surface area contributed by atoms with Gasteiger partial charge in [0.15, 0.2) is 0 Å². The zero-order valence-electron chi connectivity index (χ0n) is 21.7. The lowest BCUT2D eigenvalue weighted by Gasteiger charge is -2.32. The van der Waals surface area contributed by atoms with E-state index in [0.717, 1.165) is 0 Å². The highest BCUT2D eigenvalue weighted by Crippen LogP contribution is 2.45. The Morgan fingerprint density at radius 3 is 1.35 bits per heavy atom. The second-order valence-electron chi connectivity index (χ2n) is 10.6. The molecule has 0 aromatic heterocycles. The minimum atomic E-state index is -5.00. The molecule has 1 aromatic rings. The molecule has 0 spiro atoms. The zero-order valence-corrected chi connectivity index (χ0v) is 22.5. The van der Waals surface area contributed by atoms with Crippen LogP contribution in [0.4, 0.5) is 31.4 Å². The number of ether oxygens (including phenoxy) is 3. The summed E-state index contributed by atoms with van der Waals surface area (Å²) in [5, 5.41) is 0. The third-order valence-corrected chi connectivity index (χ3v) is 8.05. The number of cyclic esters (lactones) is 3. The standard InChI is InChI=1S/C24H33N3O9S/c1-12(2)18-9-34-22(28)25(18)15-7-16(26-19(13(3)4)10-35-23(26)29)21(37(31,32)33)17(8-15)27-20(14(5)6)11-36-24(27)30/h7-8,12-14,18-20H,9-11H2,1-6H3,(H,31,32,33)/t18-,19-,20?/m1/s1. The number of benzene rings is 1. The summed E-state index contributed by atoms with van der Waals surface area (Å²) in [4.78, 5) is 41.8. The Kier molecular flexibility index (Phi) is 7.06. The van der Waals surface area contributed by atoms with Crippen molar-refractivity contribution in [2.24, 2.45) is 17.8 Å². The fourth-order valence-corrected chi connectivity index (χ4v) is 5.82. The van der Waals surface area contributed by atoms with Crippen LogP contribution >= 0.6 is 0 Å². The van der Waals surface area contributed by atoms with Crippen molar-refractivity contribution < 1.29 is 41.6 Å². The van der Waals surface area contributed by atoms with Crippen LogP contribution in [0.1, 0.15) is 41.5 Å². The molecule has 3 atom stereocenters. The van der Waals surface area contributed by atoms with Gasteiger partial charge < -0.3 is 14.2 Å². The molecule has 3 amide bonds. The molecule has 12 nitrogen and oxygen atoms in total. The first-order chi connectivity index (χ1) is 17.2. The van der Waals surface area contributed by atoms with Crippen LogP contribution in [0.2, 0.25) is 0 Å². The van der Waals surface area contributed by atoms with E-state index < -0.39 is 45.4 Å². The highest BCUT2D eigenvalue weighted by atomic mass is 32.2. The van der Waals surface area contributed by atoms with Gasteiger partial charge in [-0.25, -0.2) is 14.4 Å². The third-order valence-electron chi connectivity index (χ3n) is 7.12. The number of anilines is 3. The first kappa shape index (κ1) is 27.0. The van der Waals surface area contributed by atoms with Crippen LogP contribution in [0.25, 0.3) is 0 Å². The molecule has 1 aromatic carbocycles. The SMILES string of the molecule is CC(C)C1COC(=O)N1c1cc(N2C(=O)OC[C@@H]2C(C)C)cc(N2C(=O)OC[C@@H]2C(C)C)c1S(=O)(=O)O. The third kappa shape index (κ3) is 4.70. The molecule has 0 saturated carbocycles. The Morgan fingerprint density at radius 2 is 1.03 bits per heavy atom. The quantitative estimate of drug-likeness (QED) is 0.403. The molecule has 13 heteroatoms. The predicted octanol–water partition coefficient (Wildman–Crippen LogP) is 3.88. The van der Waals surface area contributed by atoms with Crippen LogP contribution in [0.3, 0.4) is 0 Å².